The maximum atomic E-state index is 11.1. The highest BCUT2D eigenvalue weighted by atomic mass is 16.5. The molecule has 1 aromatic heterocycles. The maximum absolute atomic E-state index is 11.1. The minimum atomic E-state index is -0.861. The summed E-state index contributed by atoms with van der Waals surface area (Å²) in [5, 5.41) is 9.11. The molecule has 2 heterocycles. The van der Waals surface area contributed by atoms with E-state index < -0.39 is 11.9 Å². The zero-order valence-electron chi connectivity index (χ0n) is 10.2. The van der Waals surface area contributed by atoms with Crippen molar-refractivity contribution in [3.05, 3.63) is 12.4 Å². The van der Waals surface area contributed by atoms with Gasteiger partial charge in [-0.25, -0.2) is 0 Å². The monoisotopic (exact) mass is 253 g/mol. The number of anilines is 1. The molecule has 1 fully saturated rings. The molecule has 0 radical (unpaired) electrons. The smallest absolute Gasteiger partial charge is 0.311 e. The van der Waals surface area contributed by atoms with E-state index in [2.05, 4.69) is 9.97 Å². The fourth-order valence-electron chi connectivity index (χ4n) is 1.94. The summed E-state index contributed by atoms with van der Waals surface area (Å²) in [4.78, 5) is 21.1. The first-order valence-corrected chi connectivity index (χ1v) is 5.53. The Balaban J connectivity index is 2.19. The van der Waals surface area contributed by atoms with Crippen LogP contribution < -0.4 is 9.64 Å². The summed E-state index contributed by atoms with van der Waals surface area (Å²) in [5.41, 5.74) is 0. The van der Waals surface area contributed by atoms with Gasteiger partial charge in [0.15, 0.2) is 5.82 Å². The van der Waals surface area contributed by atoms with Crippen molar-refractivity contribution in [3.63, 3.8) is 0 Å². The Hall–Kier alpha value is -1.89. The van der Waals surface area contributed by atoms with E-state index in [1.54, 1.807) is 18.1 Å². The molecule has 0 aliphatic carbocycles. The summed E-state index contributed by atoms with van der Waals surface area (Å²) in [6.45, 7) is 0.591. The van der Waals surface area contributed by atoms with Gasteiger partial charge in [0, 0.05) is 7.05 Å². The van der Waals surface area contributed by atoms with Crippen LogP contribution in [0.4, 0.5) is 5.82 Å². The molecule has 0 spiro atoms. The van der Waals surface area contributed by atoms with Gasteiger partial charge in [-0.1, -0.05) is 0 Å². The van der Waals surface area contributed by atoms with Crippen molar-refractivity contribution in [2.75, 3.05) is 32.3 Å². The highest BCUT2D eigenvalue weighted by Gasteiger charge is 2.37. The number of likely N-dealkylation sites (N-methyl/N-ethyl adjacent to an activating group) is 1. The number of nitrogens with zero attached hydrogens (tertiary/aromatic N) is 3. The van der Waals surface area contributed by atoms with Gasteiger partial charge in [-0.3, -0.25) is 9.78 Å². The van der Waals surface area contributed by atoms with Crippen LogP contribution in [0.3, 0.4) is 0 Å². The Morgan fingerprint density at radius 2 is 2.33 bits per heavy atom. The summed E-state index contributed by atoms with van der Waals surface area (Å²) in [6.07, 6.45) is 3.07. The third-order valence-corrected chi connectivity index (χ3v) is 3.04. The lowest BCUT2D eigenvalue weighted by Gasteiger charge is -2.26. The molecule has 0 bridgehead atoms. The number of methoxy groups -OCH3 is 1. The number of carboxylic acid groups (broad SMARTS) is 1. The molecule has 7 heteroatoms. The lowest BCUT2D eigenvalue weighted by molar-refractivity contribution is -0.141. The van der Waals surface area contributed by atoms with Crippen molar-refractivity contribution in [2.45, 2.75) is 6.04 Å². The van der Waals surface area contributed by atoms with E-state index in [1.807, 2.05) is 0 Å². The van der Waals surface area contributed by atoms with Gasteiger partial charge < -0.3 is 19.5 Å². The molecule has 1 aliphatic heterocycles. The fraction of sp³-hybridized carbons (Fsp3) is 0.545. The van der Waals surface area contributed by atoms with E-state index in [9.17, 15) is 4.79 Å². The van der Waals surface area contributed by atoms with Gasteiger partial charge in [0.1, 0.15) is 5.92 Å². The second-order valence-electron chi connectivity index (χ2n) is 4.08. The average molecular weight is 253 g/mol. The van der Waals surface area contributed by atoms with Crippen LogP contribution in [0.25, 0.3) is 0 Å². The molecular formula is C11H15N3O4. The molecule has 2 unspecified atom stereocenters. The first-order chi connectivity index (χ1) is 8.63. The third-order valence-electron chi connectivity index (χ3n) is 3.04. The van der Waals surface area contributed by atoms with Gasteiger partial charge in [0.05, 0.1) is 38.8 Å². The number of ether oxygens (including phenoxy) is 2. The Labute approximate surface area is 104 Å². The number of aromatic nitrogens is 2. The molecule has 1 aromatic rings. The second kappa shape index (κ2) is 5.18. The Bertz CT molecular complexity index is 440. The van der Waals surface area contributed by atoms with Crippen LogP contribution in [0.2, 0.25) is 0 Å². The molecule has 18 heavy (non-hydrogen) atoms. The zero-order chi connectivity index (χ0) is 13.1. The first kappa shape index (κ1) is 12.6. The highest BCUT2D eigenvalue weighted by Crippen LogP contribution is 2.23. The predicted molar refractivity (Wildman–Crippen MR) is 62.7 cm³/mol. The van der Waals surface area contributed by atoms with Crippen molar-refractivity contribution in [1.29, 1.82) is 0 Å². The van der Waals surface area contributed by atoms with Gasteiger partial charge in [-0.2, -0.15) is 4.98 Å². The number of aliphatic carboxylic acids is 1. The molecule has 1 N–H and O–H groups in total. The number of rotatable bonds is 4. The Morgan fingerprint density at radius 3 is 3.00 bits per heavy atom. The van der Waals surface area contributed by atoms with Crippen LogP contribution in [-0.2, 0) is 9.53 Å². The zero-order valence-corrected chi connectivity index (χ0v) is 10.2. The van der Waals surface area contributed by atoms with E-state index >= 15 is 0 Å². The van der Waals surface area contributed by atoms with Crippen LogP contribution in [-0.4, -0.2) is 54.5 Å². The molecule has 2 rings (SSSR count). The second-order valence-corrected chi connectivity index (χ2v) is 4.08. The van der Waals surface area contributed by atoms with Gasteiger partial charge in [-0.15, -0.1) is 0 Å². The van der Waals surface area contributed by atoms with Crippen molar-refractivity contribution >= 4 is 11.8 Å². The number of carboxylic acids is 1. The number of hydrogen-bond acceptors (Lipinski definition) is 6. The predicted octanol–water partition coefficient (Wildman–Crippen LogP) is 0.0210. The normalized spacial score (nSPS) is 22.8. The van der Waals surface area contributed by atoms with Gasteiger partial charge in [0.25, 0.3) is 0 Å². The standard InChI is InChI=1S/C11H15N3O4/c1-14(8-6-18-5-7(8)11(15)16)9-3-12-4-10(13-9)17-2/h3-4,7-8H,5-6H2,1-2H3,(H,15,16). The van der Waals surface area contributed by atoms with Crippen LogP contribution in [0.1, 0.15) is 0 Å². The minimum absolute atomic E-state index is 0.224. The topological polar surface area (TPSA) is 84.8 Å². The van der Waals surface area contributed by atoms with E-state index in [0.29, 0.717) is 18.3 Å². The summed E-state index contributed by atoms with van der Waals surface area (Å²) in [7, 11) is 3.28. The lowest BCUT2D eigenvalue weighted by atomic mass is 10.0. The highest BCUT2D eigenvalue weighted by molar-refractivity contribution is 5.72. The molecule has 1 aliphatic rings. The van der Waals surface area contributed by atoms with E-state index in [0.717, 1.165) is 0 Å². The number of hydrogen-bond donors (Lipinski definition) is 1. The maximum Gasteiger partial charge on any atom is 0.311 e. The minimum Gasteiger partial charge on any atom is -0.481 e. The molecule has 0 amide bonds. The molecule has 2 atom stereocenters. The molecule has 0 saturated carbocycles. The van der Waals surface area contributed by atoms with Gasteiger partial charge in [-0.05, 0) is 0 Å². The van der Waals surface area contributed by atoms with Gasteiger partial charge >= 0.3 is 5.97 Å². The van der Waals surface area contributed by atoms with E-state index in [4.69, 9.17) is 14.6 Å². The quantitative estimate of drug-likeness (QED) is 0.809. The summed E-state index contributed by atoms with van der Waals surface area (Å²) in [5.74, 6) is -0.454. The molecule has 1 saturated heterocycles. The van der Waals surface area contributed by atoms with Crippen molar-refractivity contribution < 1.29 is 19.4 Å². The summed E-state index contributed by atoms with van der Waals surface area (Å²) in [6, 6.07) is -0.246. The van der Waals surface area contributed by atoms with Crippen LogP contribution in [0.5, 0.6) is 5.88 Å². The largest absolute Gasteiger partial charge is 0.481 e. The third kappa shape index (κ3) is 2.35. The molecule has 98 valence electrons. The lowest BCUT2D eigenvalue weighted by Crippen LogP contribution is -2.41. The van der Waals surface area contributed by atoms with E-state index in [1.165, 1.54) is 13.3 Å². The van der Waals surface area contributed by atoms with E-state index in [-0.39, 0.29) is 12.6 Å². The van der Waals surface area contributed by atoms with Crippen molar-refractivity contribution in [3.8, 4) is 5.88 Å². The molecule has 7 nitrogen and oxygen atoms in total. The molecule has 0 aromatic carbocycles. The summed E-state index contributed by atoms with van der Waals surface area (Å²) < 4.78 is 10.2. The fourth-order valence-corrected chi connectivity index (χ4v) is 1.94. The Kier molecular flexibility index (Phi) is 3.61. The van der Waals surface area contributed by atoms with Gasteiger partial charge in [0.2, 0.25) is 5.88 Å². The summed E-state index contributed by atoms with van der Waals surface area (Å²) >= 11 is 0. The van der Waals surface area contributed by atoms with Crippen LogP contribution in [0.15, 0.2) is 12.4 Å². The number of carbonyl (C=O) groups is 1. The van der Waals surface area contributed by atoms with Crippen molar-refractivity contribution in [1.82, 2.24) is 9.97 Å². The average Bonchev–Trinajstić information content (AvgIpc) is 2.87. The Morgan fingerprint density at radius 1 is 1.56 bits per heavy atom. The SMILES string of the molecule is COc1cncc(N(C)C2COCC2C(=O)O)n1. The van der Waals surface area contributed by atoms with Crippen LogP contribution in [0, 0.1) is 5.92 Å². The first-order valence-electron chi connectivity index (χ1n) is 5.53. The van der Waals surface area contributed by atoms with Crippen LogP contribution >= 0.6 is 0 Å². The molecular weight excluding hydrogens is 238 g/mol. The van der Waals surface area contributed by atoms with Crippen molar-refractivity contribution in [2.24, 2.45) is 5.92 Å².